The van der Waals surface area contributed by atoms with Crippen LogP contribution in [0.25, 0.3) is 0 Å². The molecule has 1 aliphatic rings. The van der Waals surface area contributed by atoms with Gasteiger partial charge in [-0.05, 0) is 30.7 Å². The van der Waals surface area contributed by atoms with Crippen LogP contribution in [-0.2, 0) is 0 Å². The summed E-state index contributed by atoms with van der Waals surface area (Å²) in [6, 6.07) is 18.6. The van der Waals surface area contributed by atoms with Crippen molar-refractivity contribution in [2.45, 2.75) is 18.9 Å². The molecule has 4 heteroatoms. The molecule has 0 saturated heterocycles. The molecule has 0 bridgehead atoms. The van der Waals surface area contributed by atoms with Gasteiger partial charge >= 0.3 is 0 Å². The standard InChI is InChI=1S/C18H21N3O/c1-22-18-10-6-5-9-16(18)21-17(13-15(20-21)11-12-19)14-7-3-2-4-8-14/h2-10,17H,11-13,19H2,1H3. The SMILES string of the molecule is COc1ccccc1N1N=C(CCN)CC1c1ccccc1. The zero-order valence-electron chi connectivity index (χ0n) is 12.8. The molecule has 3 rings (SSSR count). The van der Waals surface area contributed by atoms with Crippen LogP contribution in [0, 0.1) is 0 Å². The van der Waals surface area contributed by atoms with E-state index in [0.717, 1.165) is 30.0 Å². The molecule has 1 unspecified atom stereocenters. The lowest BCUT2D eigenvalue weighted by Gasteiger charge is -2.25. The van der Waals surface area contributed by atoms with E-state index >= 15 is 0 Å². The minimum Gasteiger partial charge on any atom is -0.495 e. The molecule has 2 N–H and O–H groups in total. The summed E-state index contributed by atoms with van der Waals surface area (Å²) in [5, 5.41) is 6.87. The molecule has 4 nitrogen and oxygen atoms in total. The molecule has 0 aromatic heterocycles. The van der Waals surface area contributed by atoms with Gasteiger partial charge in [-0.2, -0.15) is 5.10 Å². The van der Waals surface area contributed by atoms with Crippen LogP contribution in [0.2, 0.25) is 0 Å². The Morgan fingerprint density at radius 3 is 2.59 bits per heavy atom. The number of hydrogen-bond acceptors (Lipinski definition) is 4. The van der Waals surface area contributed by atoms with E-state index in [9.17, 15) is 0 Å². The fourth-order valence-electron chi connectivity index (χ4n) is 2.87. The lowest BCUT2D eigenvalue weighted by Crippen LogP contribution is -2.19. The van der Waals surface area contributed by atoms with Crippen molar-refractivity contribution >= 4 is 11.4 Å². The first-order chi connectivity index (χ1) is 10.8. The normalized spacial score (nSPS) is 17.5. The Balaban J connectivity index is 2.00. The molecule has 1 aliphatic heterocycles. The summed E-state index contributed by atoms with van der Waals surface area (Å²) in [6.07, 6.45) is 1.73. The van der Waals surface area contributed by atoms with E-state index in [4.69, 9.17) is 15.6 Å². The van der Waals surface area contributed by atoms with Crippen LogP contribution >= 0.6 is 0 Å². The molecule has 0 amide bonds. The third kappa shape index (κ3) is 2.83. The van der Waals surface area contributed by atoms with Crippen LogP contribution in [-0.4, -0.2) is 19.4 Å². The molecule has 0 saturated carbocycles. The fourth-order valence-corrected chi connectivity index (χ4v) is 2.87. The van der Waals surface area contributed by atoms with E-state index in [0.29, 0.717) is 6.54 Å². The first-order valence-corrected chi connectivity index (χ1v) is 7.57. The number of para-hydroxylation sites is 2. The third-order valence-electron chi connectivity index (χ3n) is 3.92. The van der Waals surface area contributed by atoms with E-state index in [1.807, 2.05) is 30.3 Å². The first kappa shape index (κ1) is 14.6. The zero-order valence-corrected chi connectivity index (χ0v) is 12.8. The minimum absolute atomic E-state index is 0.194. The molecule has 2 aromatic carbocycles. The van der Waals surface area contributed by atoms with Gasteiger partial charge in [0.2, 0.25) is 0 Å². The maximum absolute atomic E-state index is 5.71. The summed E-state index contributed by atoms with van der Waals surface area (Å²) >= 11 is 0. The molecule has 22 heavy (non-hydrogen) atoms. The van der Waals surface area contributed by atoms with Crippen molar-refractivity contribution in [3.63, 3.8) is 0 Å². The second-order valence-electron chi connectivity index (χ2n) is 5.35. The molecule has 0 fully saturated rings. The predicted octanol–water partition coefficient (Wildman–Crippen LogP) is 3.35. The van der Waals surface area contributed by atoms with Gasteiger partial charge in [0.1, 0.15) is 11.4 Å². The predicted molar refractivity (Wildman–Crippen MR) is 90.4 cm³/mol. The van der Waals surface area contributed by atoms with E-state index in [1.165, 1.54) is 5.56 Å². The maximum atomic E-state index is 5.71. The molecule has 0 aliphatic carbocycles. The van der Waals surface area contributed by atoms with Crippen molar-refractivity contribution in [1.29, 1.82) is 0 Å². The van der Waals surface area contributed by atoms with Gasteiger partial charge in [0.15, 0.2) is 0 Å². The van der Waals surface area contributed by atoms with E-state index < -0.39 is 0 Å². The zero-order chi connectivity index (χ0) is 15.4. The molecular formula is C18H21N3O. The average Bonchev–Trinajstić information content (AvgIpc) is 3.00. The van der Waals surface area contributed by atoms with Gasteiger partial charge in [-0.1, -0.05) is 42.5 Å². The number of nitrogens with zero attached hydrogens (tertiary/aromatic N) is 2. The number of nitrogens with two attached hydrogens (primary N) is 1. The largest absolute Gasteiger partial charge is 0.495 e. The highest BCUT2D eigenvalue weighted by Crippen LogP contribution is 2.39. The molecule has 0 radical (unpaired) electrons. The number of methoxy groups -OCH3 is 1. The maximum Gasteiger partial charge on any atom is 0.144 e. The number of rotatable bonds is 5. The van der Waals surface area contributed by atoms with Crippen LogP contribution in [0.3, 0.4) is 0 Å². The molecule has 114 valence electrons. The van der Waals surface area contributed by atoms with Gasteiger partial charge in [0, 0.05) is 12.1 Å². The lowest BCUT2D eigenvalue weighted by atomic mass is 10.0. The van der Waals surface area contributed by atoms with Gasteiger partial charge in [0.25, 0.3) is 0 Å². The Morgan fingerprint density at radius 1 is 1.14 bits per heavy atom. The third-order valence-corrected chi connectivity index (χ3v) is 3.92. The van der Waals surface area contributed by atoms with Crippen molar-refractivity contribution < 1.29 is 4.74 Å². The van der Waals surface area contributed by atoms with Gasteiger partial charge in [-0.15, -0.1) is 0 Å². The summed E-state index contributed by atoms with van der Waals surface area (Å²) in [5.41, 5.74) is 9.10. The number of benzene rings is 2. The summed E-state index contributed by atoms with van der Waals surface area (Å²) in [7, 11) is 1.69. The van der Waals surface area contributed by atoms with Crippen LogP contribution in [0.5, 0.6) is 5.75 Å². The monoisotopic (exact) mass is 295 g/mol. The molecule has 1 heterocycles. The molecular weight excluding hydrogens is 274 g/mol. The van der Waals surface area contributed by atoms with Crippen LogP contribution in [0.15, 0.2) is 59.7 Å². The number of anilines is 1. The van der Waals surface area contributed by atoms with Crippen molar-refractivity contribution in [2.24, 2.45) is 10.8 Å². The van der Waals surface area contributed by atoms with Gasteiger partial charge in [-0.3, -0.25) is 5.01 Å². The van der Waals surface area contributed by atoms with Crippen molar-refractivity contribution in [3.05, 3.63) is 60.2 Å². The highest BCUT2D eigenvalue weighted by atomic mass is 16.5. The summed E-state index contributed by atoms with van der Waals surface area (Å²) in [4.78, 5) is 0. The van der Waals surface area contributed by atoms with Crippen molar-refractivity contribution in [2.75, 3.05) is 18.7 Å². The van der Waals surface area contributed by atoms with Crippen molar-refractivity contribution in [1.82, 2.24) is 0 Å². The second kappa shape index (κ2) is 6.62. The van der Waals surface area contributed by atoms with Crippen molar-refractivity contribution in [3.8, 4) is 5.75 Å². The summed E-state index contributed by atoms with van der Waals surface area (Å²) < 4.78 is 5.50. The Labute approximate surface area is 131 Å². The quantitative estimate of drug-likeness (QED) is 0.920. The van der Waals surface area contributed by atoms with Crippen LogP contribution < -0.4 is 15.5 Å². The summed E-state index contributed by atoms with van der Waals surface area (Å²) in [5.74, 6) is 0.834. The van der Waals surface area contributed by atoms with E-state index in [2.05, 4.69) is 29.3 Å². The second-order valence-corrected chi connectivity index (χ2v) is 5.35. The Hall–Kier alpha value is -2.33. The highest BCUT2D eigenvalue weighted by molar-refractivity contribution is 5.89. The smallest absolute Gasteiger partial charge is 0.144 e. The van der Waals surface area contributed by atoms with Gasteiger partial charge in [-0.25, -0.2) is 0 Å². The Morgan fingerprint density at radius 2 is 1.86 bits per heavy atom. The average molecular weight is 295 g/mol. The van der Waals surface area contributed by atoms with Crippen LogP contribution in [0.1, 0.15) is 24.4 Å². The number of hydrazone groups is 1. The minimum atomic E-state index is 0.194. The molecule has 0 spiro atoms. The first-order valence-electron chi connectivity index (χ1n) is 7.57. The Kier molecular flexibility index (Phi) is 4.39. The topological polar surface area (TPSA) is 50.8 Å². The lowest BCUT2D eigenvalue weighted by molar-refractivity contribution is 0.413. The van der Waals surface area contributed by atoms with Gasteiger partial charge in [0.05, 0.1) is 13.2 Å². The number of hydrogen-bond donors (Lipinski definition) is 1. The van der Waals surface area contributed by atoms with E-state index in [1.54, 1.807) is 7.11 Å². The van der Waals surface area contributed by atoms with E-state index in [-0.39, 0.29) is 6.04 Å². The van der Waals surface area contributed by atoms with Gasteiger partial charge < -0.3 is 10.5 Å². The molecule has 1 atom stereocenters. The fraction of sp³-hybridized carbons (Fsp3) is 0.278. The number of ether oxygens (including phenoxy) is 1. The van der Waals surface area contributed by atoms with Crippen LogP contribution in [0.4, 0.5) is 5.69 Å². The Bertz CT molecular complexity index is 654. The highest BCUT2D eigenvalue weighted by Gasteiger charge is 2.30. The summed E-state index contributed by atoms with van der Waals surface area (Å²) in [6.45, 7) is 0.625. The molecule has 2 aromatic rings.